The Morgan fingerprint density at radius 1 is 1.37 bits per heavy atom. The van der Waals surface area contributed by atoms with E-state index < -0.39 is 0 Å². The van der Waals surface area contributed by atoms with Gasteiger partial charge in [0.05, 0.1) is 18.1 Å². The number of benzene rings is 1. The summed E-state index contributed by atoms with van der Waals surface area (Å²) in [4.78, 5) is 11.4. The van der Waals surface area contributed by atoms with Crippen molar-refractivity contribution in [3.63, 3.8) is 0 Å². The summed E-state index contributed by atoms with van der Waals surface area (Å²) in [6, 6.07) is 5.06. The van der Waals surface area contributed by atoms with E-state index in [1.54, 1.807) is 6.07 Å². The van der Waals surface area contributed by atoms with Crippen LogP contribution in [0.15, 0.2) is 18.2 Å². The summed E-state index contributed by atoms with van der Waals surface area (Å²) in [6.45, 7) is 0. The molecule has 3 rings (SSSR count). The molecule has 0 radical (unpaired) electrons. The van der Waals surface area contributed by atoms with Gasteiger partial charge in [-0.3, -0.25) is 4.79 Å². The first-order valence-corrected chi connectivity index (χ1v) is 6.94. The van der Waals surface area contributed by atoms with Gasteiger partial charge >= 0.3 is 5.97 Å². The van der Waals surface area contributed by atoms with Gasteiger partial charge in [0.25, 0.3) is 0 Å². The number of halogens is 2. The molecule has 4 heteroatoms. The van der Waals surface area contributed by atoms with Crippen molar-refractivity contribution in [2.24, 2.45) is 11.3 Å². The quantitative estimate of drug-likeness (QED) is 0.769. The maximum absolute atomic E-state index is 13.4. The maximum Gasteiger partial charge on any atom is 0.308 e. The molecule has 102 valence electrons. The molecule has 2 nitrogen and oxygen atoms in total. The molecule has 1 spiro atoms. The summed E-state index contributed by atoms with van der Waals surface area (Å²) >= 11 is 5.68. The molecular weight excluding hydrogens is 267 g/mol. The normalized spacial score (nSPS) is 32.6. The van der Waals surface area contributed by atoms with Crippen LogP contribution in [0, 0.1) is 17.2 Å². The zero-order valence-corrected chi connectivity index (χ0v) is 11.5. The SMILES string of the molecule is COC(=O)C1CC2(C1)CC(c1ccc(Cl)c(F)c1)C2. The number of carbonyl (C=O) groups excluding carboxylic acids is 1. The van der Waals surface area contributed by atoms with E-state index in [-0.39, 0.29) is 22.7 Å². The van der Waals surface area contributed by atoms with Crippen molar-refractivity contribution in [3.05, 3.63) is 34.6 Å². The number of rotatable bonds is 2. The standard InChI is InChI=1S/C15H16ClFO2/c1-19-14(18)11-7-15(8-11)5-10(6-15)9-2-3-12(16)13(17)4-9/h2-4,10-11H,5-8H2,1H3. The lowest BCUT2D eigenvalue weighted by Gasteiger charge is -2.57. The second kappa shape index (κ2) is 4.48. The van der Waals surface area contributed by atoms with Gasteiger partial charge in [-0.25, -0.2) is 4.39 Å². The van der Waals surface area contributed by atoms with Crippen LogP contribution in [0.2, 0.25) is 5.02 Å². The Bertz CT molecular complexity index is 515. The van der Waals surface area contributed by atoms with Crippen molar-refractivity contribution in [1.82, 2.24) is 0 Å². The van der Waals surface area contributed by atoms with Crippen LogP contribution in [-0.2, 0) is 9.53 Å². The van der Waals surface area contributed by atoms with Crippen LogP contribution in [0.4, 0.5) is 4.39 Å². The number of methoxy groups -OCH3 is 1. The Morgan fingerprint density at radius 3 is 2.63 bits per heavy atom. The minimum Gasteiger partial charge on any atom is -0.469 e. The van der Waals surface area contributed by atoms with E-state index in [9.17, 15) is 9.18 Å². The van der Waals surface area contributed by atoms with Crippen LogP contribution in [-0.4, -0.2) is 13.1 Å². The van der Waals surface area contributed by atoms with Gasteiger partial charge in [0.1, 0.15) is 5.82 Å². The third-order valence-corrected chi connectivity index (χ3v) is 4.97. The summed E-state index contributed by atoms with van der Waals surface area (Å²) in [5.41, 5.74) is 1.33. The minimum absolute atomic E-state index is 0.0768. The maximum atomic E-state index is 13.4. The molecule has 0 bridgehead atoms. The lowest BCUT2D eigenvalue weighted by atomic mass is 9.47. The fourth-order valence-corrected chi connectivity index (χ4v) is 3.76. The van der Waals surface area contributed by atoms with E-state index in [0.717, 1.165) is 31.2 Å². The first kappa shape index (κ1) is 12.9. The van der Waals surface area contributed by atoms with Gasteiger partial charge in [0.2, 0.25) is 0 Å². The molecule has 0 aromatic heterocycles. The molecule has 1 aromatic carbocycles. The van der Waals surface area contributed by atoms with Gasteiger partial charge in [0.15, 0.2) is 0 Å². The van der Waals surface area contributed by atoms with E-state index in [4.69, 9.17) is 16.3 Å². The molecule has 0 aliphatic heterocycles. The Morgan fingerprint density at radius 2 is 2.05 bits per heavy atom. The largest absolute Gasteiger partial charge is 0.469 e. The monoisotopic (exact) mass is 282 g/mol. The van der Waals surface area contributed by atoms with Crippen LogP contribution in [0.1, 0.15) is 37.2 Å². The van der Waals surface area contributed by atoms with Gasteiger partial charge in [-0.05, 0) is 54.7 Å². The average Bonchev–Trinajstić information content (AvgIpc) is 2.29. The van der Waals surface area contributed by atoms with Crippen LogP contribution < -0.4 is 0 Å². The highest BCUT2D eigenvalue weighted by atomic mass is 35.5. The Labute approximate surface area is 116 Å². The third-order valence-electron chi connectivity index (χ3n) is 4.67. The first-order valence-electron chi connectivity index (χ1n) is 6.56. The van der Waals surface area contributed by atoms with Gasteiger partial charge in [-0.2, -0.15) is 0 Å². The zero-order valence-electron chi connectivity index (χ0n) is 10.8. The summed E-state index contributed by atoms with van der Waals surface area (Å²) in [6.07, 6.45) is 3.93. The second-order valence-corrected chi connectivity index (χ2v) is 6.31. The molecule has 0 unspecified atom stereocenters. The molecule has 1 aromatic rings. The molecule has 2 aliphatic carbocycles. The highest BCUT2D eigenvalue weighted by Gasteiger charge is 2.55. The fraction of sp³-hybridized carbons (Fsp3) is 0.533. The molecular formula is C15H16ClFO2. The molecule has 2 saturated carbocycles. The van der Waals surface area contributed by atoms with E-state index in [1.807, 2.05) is 6.07 Å². The lowest BCUT2D eigenvalue weighted by molar-refractivity contribution is -0.159. The summed E-state index contributed by atoms with van der Waals surface area (Å²) in [5.74, 6) is 0.0473. The summed E-state index contributed by atoms with van der Waals surface area (Å²) in [7, 11) is 1.44. The highest BCUT2D eigenvalue weighted by molar-refractivity contribution is 6.30. The van der Waals surface area contributed by atoms with Crippen molar-refractivity contribution < 1.29 is 13.9 Å². The molecule has 2 fully saturated rings. The predicted molar refractivity (Wildman–Crippen MR) is 70.6 cm³/mol. The third kappa shape index (κ3) is 2.14. The van der Waals surface area contributed by atoms with E-state index in [2.05, 4.69) is 0 Å². The van der Waals surface area contributed by atoms with Crippen molar-refractivity contribution in [2.45, 2.75) is 31.6 Å². The Kier molecular flexibility index (Phi) is 3.05. The van der Waals surface area contributed by atoms with Crippen molar-refractivity contribution in [1.29, 1.82) is 0 Å². The van der Waals surface area contributed by atoms with Gasteiger partial charge in [0, 0.05) is 0 Å². The topological polar surface area (TPSA) is 26.3 Å². The number of hydrogen-bond acceptors (Lipinski definition) is 2. The Balaban J connectivity index is 1.59. The van der Waals surface area contributed by atoms with Crippen LogP contribution in [0.5, 0.6) is 0 Å². The summed E-state index contributed by atoms with van der Waals surface area (Å²) < 4.78 is 18.2. The van der Waals surface area contributed by atoms with Gasteiger partial charge in [-0.1, -0.05) is 17.7 Å². The Hall–Kier alpha value is -1.09. The molecule has 0 amide bonds. The molecule has 2 aliphatic rings. The van der Waals surface area contributed by atoms with Crippen LogP contribution in [0.25, 0.3) is 0 Å². The minimum atomic E-state index is -0.346. The molecule has 0 atom stereocenters. The molecule has 0 heterocycles. The fourth-order valence-electron chi connectivity index (χ4n) is 3.64. The van der Waals surface area contributed by atoms with Gasteiger partial charge < -0.3 is 4.74 Å². The smallest absolute Gasteiger partial charge is 0.308 e. The molecule has 0 N–H and O–H groups in total. The molecule has 19 heavy (non-hydrogen) atoms. The number of carbonyl (C=O) groups is 1. The van der Waals surface area contributed by atoms with Crippen molar-refractivity contribution in [3.8, 4) is 0 Å². The van der Waals surface area contributed by atoms with E-state index >= 15 is 0 Å². The van der Waals surface area contributed by atoms with Crippen LogP contribution >= 0.6 is 11.6 Å². The zero-order chi connectivity index (χ0) is 13.6. The number of hydrogen-bond donors (Lipinski definition) is 0. The second-order valence-electron chi connectivity index (χ2n) is 5.91. The average molecular weight is 283 g/mol. The first-order chi connectivity index (χ1) is 9.03. The molecule has 0 saturated heterocycles. The predicted octanol–water partition coefficient (Wildman–Crippen LogP) is 3.93. The number of esters is 1. The van der Waals surface area contributed by atoms with E-state index in [0.29, 0.717) is 11.3 Å². The van der Waals surface area contributed by atoms with Crippen LogP contribution in [0.3, 0.4) is 0 Å². The van der Waals surface area contributed by atoms with Crippen molar-refractivity contribution in [2.75, 3.05) is 7.11 Å². The lowest BCUT2D eigenvalue weighted by Crippen LogP contribution is -2.49. The number of ether oxygens (including phenoxy) is 1. The van der Waals surface area contributed by atoms with Crippen molar-refractivity contribution >= 4 is 17.6 Å². The van der Waals surface area contributed by atoms with Gasteiger partial charge in [-0.15, -0.1) is 0 Å². The van der Waals surface area contributed by atoms with E-state index in [1.165, 1.54) is 13.2 Å². The summed E-state index contributed by atoms with van der Waals surface area (Å²) in [5, 5.41) is 0.173. The highest BCUT2D eigenvalue weighted by Crippen LogP contribution is 2.64.